The van der Waals surface area contributed by atoms with E-state index >= 15 is 0 Å². The Morgan fingerprint density at radius 1 is 1.03 bits per heavy atom. The van der Waals surface area contributed by atoms with Gasteiger partial charge in [-0.25, -0.2) is 19.5 Å². The number of anilines is 2. The van der Waals surface area contributed by atoms with Crippen molar-refractivity contribution >= 4 is 17.3 Å². The van der Waals surface area contributed by atoms with Crippen LogP contribution >= 0.6 is 0 Å². The summed E-state index contributed by atoms with van der Waals surface area (Å²) in [5.41, 5.74) is 3.62. The summed E-state index contributed by atoms with van der Waals surface area (Å²) < 4.78 is 10.8. The number of hydrogen-bond donors (Lipinski definition) is 1. The minimum Gasteiger partial charge on any atom is -0.481 e. The van der Waals surface area contributed by atoms with E-state index in [0.717, 1.165) is 22.3 Å². The molecule has 0 saturated carbocycles. The zero-order valence-corrected chi connectivity index (χ0v) is 19.1. The van der Waals surface area contributed by atoms with Gasteiger partial charge >= 0.3 is 0 Å². The minimum absolute atomic E-state index is 0.272. The molecule has 5 rings (SSSR count). The summed E-state index contributed by atoms with van der Waals surface area (Å²) in [6.45, 7) is 6.22. The lowest BCUT2D eigenvalue weighted by molar-refractivity contribution is 0.397. The van der Waals surface area contributed by atoms with Gasteiger partial charge in [0.25, 0.3) is 0 Å². The summed E-state index contributed by atoms with van der Waals surface area (Å²) in [5.74, 6) is 2.49. The van der Waals surface area contributed by atoms with E-state index in [1.54, 1.807) is 30.1 Å². The molecule has 5 heterocycles. The number of fused-ring (bicyclic) bond motifs is 1. The molecule has 0 aliphatic carbocycles. The lowest BCUT2D eigenvalue weighted by Crippen LogP contribution is -2.07. The van der Waals surface area contributed by atoms with Crippen LogP contribution in [0.4, 0.5) is 11.8 Å². The molecule has 11 nitrogen and oxygen atoms in total. The molecule has 0 aromatic carbocycles. The van der Waals surface area contributed by atoms with Crippen molar-refractivity contribution in [3.8, 4) is 28.8 Å². The third-order valence-corrected chi connectivity index (χ3v) is 5.39. The van der Waals surface area contributed by atoms with Gasteiger partial charge in [-0.15, -0.1) is 5.10 Å². The highest BCUT2D eigenvalue weighted by molar-refractivity contribution is 5.83. The zero-order chi connectivity index (χ0) is 23.1. The molecule has 11 heteroatoms. The summed E-state index contributed by atoms with van der Waals surface area (Å²) in [5, 5.41) is 12.7. The maximum atomic E-state index is 5.23. The second-order valence-corrected chi connectivity index (χ2v) is 7.93. The first-order valence-electron chi connectivity index (χ1n) is 10.5. The van der Waals surface area contributed by atoms with Crippen LogP contribution in [0.15, 0.2) is 43.1 Å². The Balaban J connectivity index is 1.69. The average Bonchev–Trinajstić information content (AvgIpc) is 3.52. The van der Waals surface area contributed by atoms with Crippen LogP contribution in [0.1, 0.15) is 25.5 Å². The summed E-state index contributed by atoms with van der Waals surface area (Å²) in [6.07, 6.45) is 9.14. The van der Waals surface area contributed by atoms with Gasteiger partial charge in [0.1, 0.15) is 5.52 Å². The standard InChI is InChI=1S/C22H24N10O/c1-13(2)31-10-7-16(28-31)15-12-32-18(14(15)3)19(27-22-24-8-6-17(25-22)33-5)26-20(29-32)21-23-9-11-30(21)4/h6-13H,1-5H3,(H,24,25,26,27,29). The molecular weight excluding hydrogens is 420 g/mol. The highest BCUT2D eigenvalue weighted by atomic mass is 16.5. The SMILES string of the molecule is COc1ccnc(Nc2nc(-c3nccn3C)nn3cc(-c4ccn(C(C)C)n4)c(C)c23)n1. The van der Waals surface area contributed by atoms with Crippen molar-refractivity contribution in [3.05, 3.63) is 48.7 Å². The first-order chi connectivity index (χ1) is 15.9. The number of ether oxygens (including phenoxy) is 1. The molecule has 0 bridgehead atoms. The average molecular weight is 445 g/mol. The largest absolute Gasteiger partial charge is 0.481 e. The molecule has 0 aliphatic heterocycles. The first kappa shape index (κ1) is 20.6. The van der Waals surface area contributed by atoms with Gasteiger partial charge in [0.2, 0.25) is 17.7 Å². The Bertz CT molecular complexity index is 1440. The van der Waals surface area contributed by atoms with E-state index in [-0.39, 0.29) is 6.04 Å². The molecule has 0 aliphatic rings. The number of hydrogen-bond acceptors (Lipinski definition) is 8. The fourth-order valence-corrected chi connectivity index (χ4v) is 3.64. The van der Waals surface area contributed by atoms with Crippen LogP contribution < -0.4 is 10.1 Å². The van der Waals surface area contributed by atoms with Crippen molar-refractivity contribution in [1.29, 1.82) is 0 Å². The van der Waals surface area contributed by atoms with Crippen molar-refractivity contribution < 1.29 is 4.74 Å². The number of methoxy groups -OCH3 is 1. The monoisotopic (exact) mass is 444 g/mol. The van der Waals surface area contributed by atoms with Crippen LogP contribution in [0, 0.1) is 6.92 Å². The van der Waals surface area contributed by atoms with Crippen LogP contribution in [0.5, 0.6) is 5.88 Å². The van der Waals surface area contributed by atoms with Crippen molar-refractivity contribution in [2.45, 2.75) is 26.8 Å². The molecule has 5 aromatic heterocycles. The molecular formula is C22H24N10O. The lowest BCUT2D eigenvalue weighted by atomic mass is 10.1. The number of rotatable bonds is 6. The second-order valence-electron chi connectivity index (χ2n) is 7.93. The van der Waals surface area contributed by atoms with Gasteiger partial charge in [0.15, 0.2) is 11.6 Å². The van der Waals surface area contributed by atoms with Gasteiger partial charge in [0.05, 0.1) is 12.8 Å². The van der Waals surface area contributed by atoms with E-state index in [0.29, 0.717) is 29.3 Å². The quantitative estimate of drug-likeness (QED) is 0.424. The van der Waals surface area contributed by atoms with Gasteiger partial charge < -0.3 is 14.6 Å². The molecule has 0 amide bonds. The van der Waals surface area contributed by atoms with E-state index in [1.807, 2.05) is 47.9 Å². The number of aryl methyl sites for hydroxylation is 2. The second kappa shape index (κ2) is 8.01. The van der Waals surface area contributed by atoms with Gasteiger partial charge in [0, 0.05) is 55.7 Å². The predicted molar refractivity (Wildman–Crippen MR) is 123 cm³/mol. The molecule has 0 spiro atoms. The van der Waals surface area contributed by atoms with E-state index in [2.05, 4.69) is 34.1 Å². The zero-order valence-electron chi connectivity index (χ0n) is 19.1. The normalized spacial score (nSPS) is 11.5. The summed E-state index contributed by atoms with van der Waals surface area (Å²) in [7, 11) is 3.47. The number of imidazole rings is 1. The third-order valence-electron chi connectivity index (χ3n) is 5.39. The highest BCUT2D eigenvalue weighted by Crippen LogP contribution is 2.32. The molecule has 168 valence electrons. The molecule has 0 radical (unpaired) electrons. The fraction of sp³-hybridized carbons (Fsp3) is 0.273. The van der Waals surface area contributed by atoms with Crippen LogP contribution in [-0.4, -0.2) is 51.0 Å². The van der Waals surface area contributed by atoms with E-state index in [1.165, 1.54) is 0 Å². The number of nitrogens with zero attached hydrogens (tertiary/aromatic N) is 9. The number of aromatic nitrogens is 9. The van der Waals surface area contributed by atoms with Gasteiger partial charge in [-0.2, -0.15) is 10.1 Å². The van der Waals surface area contributed by atoms with Gasteiger partial charge in [-0.1, -0.05) is 0 Å². The Labute approximate surface area is 190 Å². The molecule has 0 unspecified atom stereocenters. The summed E-state index contributed by atoms with van der Waals surface area (Å²) >= 11 is 0. The Morgan fingerprint density at radius 3 is 2.58 bits per heavy atom. The Morgan fingerprint density at radius 2 is 1.88 bits per heavy atom. The van der Waals surface area contributed by atoms with Crippen molar-refractivity contribution in [1.82, 2.24) is 43.9 Å². The maximum Gasteiger partial charge on any atom is 0.231 e. The molecule has 0 fully saturated rings. The van der Waals surface area contributed by atoms with Crippen LogP contribution in [0.3, 0.4) is 0 Å². The maximum absolute atomic E-state index is 5.23. The Kier molecular flexibility index (Phi) is 5.00. The van der Waals surface area contributed by atoms with Crippen LogP contribution in [0.25, 0.3) is 28.4 Å². The van der Waals surface area contributed by atoms with Crippen molar-refractivity contribution in [3.63, 3.8) is 0 Å². The fourth-order valence-electron chi connectivity index (χ4n) is 3.64. The van der Waals surface area contributed by atoms with Crippen molar-refractivity contribution in [2.75, 3.05) is 12.4 Å². The predicted octanol–water partition coefficient (Wildman–Crippen LogP) is 3.42. The summed E-state index contributed by atoms with van der Waals surface area (Å²) in [4.78, 5) is 17.9. The molecule has 33 heavy (non-hydrogen) atoms. The smallest absolute Gasteiger partial charge is 0.231 e. The highest BCUT2D eigenvalue weighted by Gasteiger charge is 2.20. The van der Waals surface area contributed by atoms with Gasteiger partial charge in [-0.05, 0) is 32.4 Å². The van der Waals surface area contributed by atoms with E-state index in [9.17, 15) is 0 Å². The van der Waals surface area contributed by atoms with Crippen LogP contribution in [0.2, 0.25) is 0 Å². The summed E-state index contributed by atoms with van der Waals surface area (Å²) in [6, 6.07) is 3.96. The molecule has 1 N–H and O–H groups in total. The topological polar surface area (TPSA) is 113 Å². The van der Waals surface area contributed by atoms with E-state index < -0.39 is 0 Å². The third kappa shape index (κ3) is 3.67. The minimum atomic E-state index is 0.272. The Hall–Kier alpha value is -4.28. The van der Waals surface area contributed by atoms with Crippen LogP contribution in [-0.2, 0) is 7.05 Å². The van der Waals surface area contributed by atoms with Crippen molar-refractivity contribution in [2.24, 2.45) is 7.05 Å². The first-order valence-corrected chi connectivity index (χ1v) is 10.5. The number of nitrogens with one attached hydrogen (secondary N) is 1. The lowest BCUT2D eigenvalue weighted by Gasteiger charge is -2.10. The van der Waals surface area contributed by atoms with Gasteiger partial charge in [-0.3, -0.25) is 4.68 Å². The molecule has 0 atom stereocenters. The molecule has 0 saturated heterocycles. The van der Waals surface area contributed by atoms with E-state index in [4.69, 9.17) is 19.9 Å². The molecule has 5 aromatic rings.